The molecule has 3 fully saturated rings. The molecule has 2 aliphatic heterocycles. The van der Waals surface area contributed by atoms with E-state index in [2.05, 4.69) is 16.7 Å². The lowest BCUT2D eigenvalue weighted by Crippen LogP contribution is -2.46. The van der Waals surface area contributed by atoms with Gasteiger partial charge in [-0.05, 0) is 51.0 Å². The molecule has 114 valence electrons. The highest BCUT2D eigenvalue weighted by Gasteiger charge is 2.35. The summed E-state index contributed by atoms with van der Waals surface area (Å²) in [4.78, 5) is 17.5. The van der Waals surface area contributed by atoms with E-state index in [-0.39, 0.29) is 12.0 Å². The molecule has 0 aromatic rings. The van der Waals surface area contributed by atoms with Gasteiger partial charge in [-0.1, -0.05) is 6.92 Å². The monoisotopic (exact) mass is 279 g/mol. The summed E-state index contributed by atoms with van der Waals surface area (Å²) >= 11 is 0. The largest absolute Gasteiger partial charge is 0.341 e. The van der Waals surface area contributed by atoms with Gasteiger partial charge in [-0.3, -0.25) is 9.69 Å². The summed E-state index contributed by atoms with van der Waals surface area (Å²) < 4.78 is 0. The molecule has 4 heteroatoms. The lowest BCUT2D eigenvalue weighted by atomic mass is 9.79. The van der Waals surface area contributed by atoms with E-state index in [1.54, 1.807) is 0 Å². The van der Waals surface area contributed by atoms with Crippen molar-refractivity contribution in [3.63, 3.8) is 0 Å². The minimum Gasteiger partial charge on any atom is -0.341 e. The first kappa shape index (κ1) is 14.3. The Bertz CT molecular complexity index is 360. The number of carbonyl (C=O) groups is 1. The molecule has 0 spiro atoms. The van der Waals surface area contributed by atoms with Crippen LogP contribution in [0.25, 0.3) is 0 Å². The molecule has 2 N–H and O–H groups in total. The zero-order valence-electron chi connectivity index (χ0n) is 12.8. The highest BCUT2D eigenvalue weighted by molar-refractivity contribution is 5.79. The van der Waals surface area contributed by atoms with Gasteiger partial charge in [-0.25, -0.2) is 0 Å². The highest BCUT2D eigenvalue weighted by atomic mass is 16.2. The van der Waals surface area contributed by atoms with Crippen LogP contribution in [0.1, 0.15) is 45.4 Å². The van der Waals surface area contributed by atoms with Crippen LogP contribution in [0.15, 0.2) is 0 Å². The van der Waals surface area contributed by atoms with Gasteiger partial charge < -0.3 is 10.6 Å². The van der Waals surface area contributed by atoms with Crippen molar-refractivity contribution >= 4 is 5.91 Å². The van der Waals surface area contributed by atoms with Crippen molar-refractivity contribution in [2.24, 2.45) is 17.6 Å². The fourth-order valence-corrected chi connectivity index (χ4v) is 4.25. The van der Waals surface area contributed by atoms with E-state index in [9.17, 15) is 4.79 Å². The molecule has 0 aromatic carbocycles. The first-order valence-corrected chi connectivity index (χ1v) is 8.43. The molecule has 3 aliphatic rings. The van der Waals surface area contributed by atoms with Crippen LogP contribution in [-0.2, 0) is 4.79 Å². The molecule has 4 nitrogen and oxygen atoms in total. The molecule has 1 aliphatic carbocycles. The summed E-state index contributed by atoms with van der Waals surface area (Å²) in [6, 6.07) is 0.838. The fraction of sp³-hybridized carbons (Fsp3) is 0.938. The van der Waals surface area contributed by atoms with Gasteiger partial charge >= 0.3 is 0 Å². The van der Waals surface area contributed by atoms with Gasteiger partial charge in [-0.15, -0.1) is 0 Å². The first-order chi connectivity index (χ1) is 9.65. The van der Waals surface area contributed by atoms with Crippen molar-refractivity contribution in [1.82, 2.24) is 9.80 Å². The standard InChI is InChI=1S/C16H29N3O/c1-12-5-6-13(10-15(12)17)16(20)19-9-3-8-18-7-2-4-14(18)11-19/h12-15H,2-11,17H2,1H3. The first-order valence-electron chi connectivity index (χ1n) is 8.43. The Balaban J connectivity index is 1.61. The molecule has 1 saturated carbocycles. The zero-order chi connectivity index (χ0) is 14.1. The molecule has 4 unspecified atom stereocenters. The predicted octanol–water partition coefficient (Wildman–Crippen LogP) is 1.45. The fourth-order valence-electron chi connectivity index (χ4n) is 4.25. The van der Waals surface area contributed by atoms with Crippen LogP contribution in [0.4, 0.5) is 0 Å². The van der Waals surface area contributed by atoms with Gasteiger partial charge in [0, 0.05) is 37.6 Å². The molecule has 1 amide bonds. The minimum absolute atomic E-state index is 0.189. The van der Waals surface area contributed by atoms with Gasteiger partial charge in [0.05, 0.1) is 0 Å². The van der Waals surface area contributed by atoms with Gasteiger partial charge in [0.15, 0.2) is 0 Å². The van der Waals surface area contributed by atoms with Gasteiger partial charge in [-0.2, -0.15) is 0 Å². The Kier molecular flexibility index (Phi) is 4.32. The number of fused-ring (bicyclic) bond motifs is 1. The Morgan fingerprint density at radius 2 is 1.90 bits per heavy atom. The van der Waals surface area contributed by atoms with Crippen LogP contribution < -0.4 is 5.73 Å². The maximum atomic E-state index is 12.8. The van der Waals surface area contributed by atoms with Crippen molar-refractivity contribution in [3.8, 4) is 0 Å². The van der Waals surface area contributed by atoms with Gasteiger partial charge in [0.1, 0.15) is 0 Å². The van der Waals surface area contributed by atoms with E-state index in [4.69, 9.17) is 5.73 Å². The highest BCUT2D eigenvalue weighted by Crippen LogP contribution is 2.30. The normalized spacial score (nSPS) is 39.4. The second-order valence-corrected chi connectivity index (χ2v) is 7.12. The summed E-state index contributed by atoms with van der Waals surface area (Å²) in [5, 5.41) is 0. The second kappa shape index (κ2) is 6.02. The molecular formula is C16H29N3O. The molecule has 0 bridgehead atoms. The average molecular weight is 279 g/mol. The third-order valence-corrected chi connectivity index (χ3v) is 5.72. The predicted molar refractivity (Wildman–Crippen MR) is 80.3 cm³/mol. The van der Waals surface area contributed by atoms with E-state index >= 15 is 0 Å². The van der Waals surface area contributed by atoms with Gasteiger partial charge in [0.25, 0.3) is 0 Å². The number of nitrogens with zero attached hydrogens (tertiary/aromatic N) is 2. The topological polar surface area (TPSA) is 49.6 Å². The van der Waals surface area contributed by atoms with Crippen molar-refractivity contribution in [2.75, 3.05) is 26.2 Å². The number of nitrogens with two attached hydrogens (primary N) is 1. The number of amides is 1. The molecule has 4 atom stereocenters. The Hall–Kier alpha value is -0.610. The van der Waals surface area contributed by atoms with Crippen LogP contribution >= 0.6 is 0 Å². The maximum Gasteiger partial charge on any atom is 0.225 e. The Morgan fingerprint density at radius 1 is 1.10 bits per heavy atom. The zero-order valence-corrected chi connectivity index (χ0v) is 12.8. The number of carbonyl (C=O) groups excluding carboxylic acids is 1. The molecule has 20 heavy (non-hydrogen) atoms. The van der Waals surface area contributed by atoms with Crippen LogP contribution in [0.3, 0.4) is 0 Å². The molecule has 2 heterocycles. The Morgan fingerprint density at radius 3 is 2.70 bits per heavy atom. The van der Waals surface area contributed by atoms with Crippen molar-refractivity contribution < 1.29 is 4.79 Å². The summed E-state index contributed by atoms with van der Waals surface area (Å²) in [5.41, 5.74) is 6.17. The van der Waals surface area contributed by atoms with Crippen molar-refractivity contribution in [1.29, 1.82) is 0 Å². The number of rotatable bonds is 1. The van der Waals surface area contributed by atoms with Crippen LogP contribution in [0.2, 0.25) is 0 Å². The van der Waals surface area contributed by atoms with Gasteiger partial charge in [0.2, 0.25) is 5.91 Å². The molecular weight excluding hydrogens is 250 g/mol. The maximum absolute atomic E-state index is 12.8. The lowest BCUT2D eigenvalue weighted by molar-refractivity contribution is -0.137. The number of hydrogen-bond acceptors (Lipinski definition) is 3. The molecule has 2 saturated heterocycles. The van der Waals surface area contributed by atoms with E-state index in [0.717, 1.165) is 38.8 Å². The van der Waals surface area contributed by atoms with Crippen molar-refractivity contribution in [2.45, 2.75) is 57.5 Å². The average Bonchev–Trinajstić information content (AvgIpc) is 2.78. The second-order valence-electron chi connectivity index (χ2n) is 7.12. The summed E-state index contributed by atoms with van der Waals surface area (Å²) in [7, 11) is 0. The molecule has 3 rings (SSSR count). The van der Waals surface area contributed by atoms with Crippen LogP contribution in [0.5, 0.6) is 0 Å². The summed E-state index contributed by atoms with van der Waals surface area (Å²) in [6.45, 7) is 6.54. The lowest BCUT2D eigenvalue weighted by Gasteiger charge is -2.35. The van der Waals surface area contributed by atoms with E-state index in [0.29, 0.717) is 17.9 Å². The van der Waals surface area contributed by atoms with Crippen LogP contribution in [0, 0.1) is 11.8 Å². The minimum atomic E-state index is 0.189. The third kappa shape index (κ3) is 2.86. The Labute approximate surface area is 122 Å². The molecule has 0 radical (unpaired) electrons. The van der Waals surface area contributed by atoms with Crippen LogP contribution in [-0.4, -0.2) is 54.0 Å². The van der Waals surface area contributed by atoms with E-state index in [1.165, 1.54) is 25.9 Å². The third-order valence-electron chi connectivity index (χ3n) is 5.72. The quantitative estimate of drug-likeness (QED) is 0.790. The smallest absolute Gasteiger partial charge is 0.225 e. The number of hydrogen-bond donors (Lipinski definition) is 1. The molecule has 0 aromatic heterocycles. The summed E-state index contributed by atoms with van der Waals surface area (Å²) in [5.74, 6) is 1.16. The van der Waals surface area contributed by atoms with E-state index < -0.39 is 0 Å². The summed E-state index contributed by atoms with van der Waals surface area (Å²) in [6.07, 6.45) is 6.76. The SMILES string of the molecule is CC1CCC(C(=O)N2CCCN3CCCC3C2)CC1N. The van der Waals surface area contributed by atoms with Crippen molar-refractivity contribution in [3.05, 3.63) is 0 Å². The van der Waals surface area contributed by atoms with E-state index in [1.807, 2.05) is 0 Å².